The summed E-state index contributed by atoms with van der Waals surface area (Å²) in [6.07, 6.45) is -1.48. The van der Waals surface area contributed by atoms with Crippen molar-refractivity contribution in [3.05, 3.63) is 59.8 Å². The smallest absolute Gasteiger partial charge is 0.416 e. The van der Waals surface area contributed by atoms with E-state index in [1.165, 1.54) is 12.1 Å². The molecule has 0 saturated carbocycles. The minimum Gasteiger partial charge on any atom is -0.466 e. The molecule has 2 heterocycles. The number of carbonyl (C=O) groups excluding carboxylic acids is 2. The lowest BCUT2D eigenvalue weighted by atomic mass is 10.1. The van der Waals surface area contributed by atoms with Gasteiger partial charge in [-0.2, -0.15) is 13.2 Å². The molecule has 1 aliphatic rings. The Morgan fingerprint density at radius 2 is 1.84 bits per heavy atom. The minimum absolute atomic E-state index is 0.0400. The highest BCUT2D eigenvalue weighted by molar-refractivity contribution is 5.95. The number of benzene rings is 2. The van der Waals surface area contributed by atoms with E-state index >= 15 is 0 Å². The Morgan fingerprint density at radius 1 is 1.05 bits per heavy atom. The van der Waals surface area contributed by atoms with Gasteiger partial charge in [-0.1, -0.05) is 6.07 Å². The van der Waals surface area contributed by atoms with Crippen molar-refractivity contribution in [2.45, 2.75) is 32.4 Å². The lowest BCUT2D eigenvalue weighted by molar-refractivity contribution is -0.144. The van der Waals surface area contributed by atoms with Gasteiger partial charge in [-0.3, -0.25) is 14.5 Å². The summed E-state index contributed by atoms with van der Waals surface area (Å²) in [5.41, 5.74) is 2.73. The van der Waals surface area contributed by atoms with Crippen LogP contribution in [-0.2, 0) is 26.9 Å². The second-order valence-electron chi connectivity index (χ2n) is 9.05. The molecule has 0 spiro atoms. The predicted molar refractivity (Wildman–Crippen MR) is 137 cm³/mol. The van der Waals surface area contributed by atoms with Crippen molar-refractivity contribution in [1.29, 1.82) is 0 Å². The Hall–Kier alpha value is -3.53. The molecule has 1 aromatic heterocycles. The number of nitrogens with one attached hydrogen (secondary N) is 2. The van der Waals surface area contributed by atoms with Gasteiger partial charge in [0, 0.05) is 67.6 Å². The van der Waals surface area contributed by atoms with Crippen molar-refractivity contribution in [2.75, 3.05) is 49.5 Å². The number of H-pyrrole nitrogens is 1. The van der Waals surface area contributed by atoms with Gasteiger partial charge in [0.25, 0.3) is 0 Å². The number of amides is 1. The van der Waals surface area contributed by atoms with Crippen molar-refractivity contribution >= 4 is 34.2 Å². The Kier molecular flexibility index (Phi) is 8.38. The number of piperazine rings is 1. The van der Waals surface area contributed by atoms with E-state index in [4.69, 9.17) is 4.74 Å². The lowest BCUT2D eigenvalue weighted by Gasteiger charge is -2.36. The second-order valence-corrected chi connectivity index (χ2v) is 9.05. The maximum absolute atomic E-state index is 13.1. The minimum atomic E-state index is -4.34. The Morgan fingerprint density at radius 3 is 2.57 bits per heavy atom. The van der Waals surface area contributed by atoms with Gasteiger partial charge in [0.15, 0.2) is 0 Å². The van der Waals surface area contributed by atoms with E-state index in [1.807, 2.05) is 29.3 Å². The number of hydrogen-bond donors (Lipinski definition) is 2. The largest absolute Gasteiger partial charge is 0.466 e. The number of hydrogen-bond acceptors (Lipinski definition) is 5. The summed E-state index contributed by atoms with van der Waals surface area (Å²) in [7, 11) is 0. The summed E-state index contributed by atoms with van der Waals surface area (Å²) >= 11 is 0. The topological polar surface area (TPSA) is 77.7 Å². The SMILES string of the molecule is CCOC(=O)CCC(=O)Nc1ccc2[nH]cc(CCN3CCN(c4cccc(C(F)(F)F)c4)CC3)c2c1. The summed E-state index contributed by atoms with van der Waals surface area (Å²) in [5.74, 6) is -0.639. The summed E-state index contributed by atoms with van der Waals surface area (Å²) in [5, 5.41) is 3.86. The third-order valence-corrected chi connectivity index (χ3v) is 6.52. The van der Waals surface area contributed by atoms with Crippen LogP contribution < -0.4 is 10.2 Å². The number of aromatic amines is 1. The van der Waals surface area contributed by atoms with Crippen LogP contribution in [0.15, 0.2) is 48.7 Å². The average Bonchev–Trinajstić information content (AvgIpc) is 3.28. The third kappa shape index (κ3) is 7.03. The molecule has 10 heteroatoms. The quantitative estimate of drug-likeness (QED) is 0.399. The zero-order valence-corrected chi connectivity index (χ0v) is 20.7. The molecule has 1 aliphatic heterocycles. The van der Waals surface area contributed by atoms with Crippen LogP contribution in [0.4, 0.5) is 24.5 Å². The molecular weight excluding hydrogens is 485 g/mol. The molecule has 2 N–H and O–H groups in total. The van der Waals surface area contributed by atoms with Crippen LogP contribution in [0.25, 0.3) is 10.9 Å². The zero-order chi connectivity index (χ0) is 26.4. The van der Waals surface area contributed by atoms with Crippen molar-refractivity contribution in [3.8, 4) is 0 Å². The van der Waals surface area contributed by atoms with Crippen LogP contribution in [-0.4, -0.2) is 61.1 Å². The number of nitrogens with zero attached hydrogens (tertiary/aromatic N) is 2. The third-order valence-electron chi connectivity index (χ3n) is 6.52. The Labute approximate surface area is 213 Å². The predicted octanol–water partition coefficient (Wildman–Crippen LogP) is 4.83. The Bertz CT molecular complexity index is 1230. The molecule has 0 bridgehead atoms. The van der Waals surface area contributed by atoms with Crippen molar-refractivity contribution in [1.82, 2.24) is 9.88 Å². The van der Waals surface area contributed by atoms with Crippen LogP contribution in [0.5, 0.6) is 0 Å². The highest BCUT2D eigenvalue weighted by Crippen LogP contribution is 2.32. The van der Waals surface area contributed by atoms with E-state index in [1.54, 1.807) is 13.0 Å². The molecule has 0 unspecified atom stereocenters. The zero-order valence-electron chi connectivity index (χ0n) is 20.7. The van der Waals surface area contributed by atoms with Crippen molar-refractivity contribution in [3.63, 3.8) is 0 Å². The maximum Gasteiger partial charge on any atom is 0.416 e. The van der Waals surface area contributed by atoms with E-state index in [2.05, 4.69) is 15.2 Å². The fraction of sp³-hybridized carbons (Fsp3) is 0.407. The van der Waals surface area contributed by atoms with Gasteiger partial charge in [-0.05, 0) is 55.3 Å². The molecule has 198 valence electrons. The molecule has 0 radical (unpaired) electrons. The molecule has 2 aromatic carbocycles. The first kappa shape index (κ1) is 26.5. The van der Waals surface area contributed by atoms with Crippen LogP contribution >= 0.6 is 0 Å². The fourth-order valence-corrected chi connectivity index (χ4v) is 4.52. The normalized spacial score (nSPS) is 14.6. The van der Waals surface area contributed by atoms with Gasteiger partial charge >= 0.3 is 12.1 Å². The number of anilines is 2. The number of aromatic nitrogens is 1. The van der Waals surface area contributed by atoms with E-state index in [0.717, 1.165) is 48.6 Å². The summed E-state index contributed by atoms with van der Waals surface area (Å²) in [6.45, 7) is 5.69. The van der Waals surface area contributed by atoms with Gasteiger partial charge in [0.1, 0.15) is 0 Å². The summed E-state index contributed by atoms with van der Waals surface area (Å²) in [6, 6.07) is 11.2. The first-order valence-corrected chi connectivity index (χ1v) is 12.4. The Balaban J connectivity index is 1.30. The first-order valence-electron chi connectivity index (χ1n) is 12.4. The molecule has 37 heavy (non-hydrogen) atoms. The van der Waals surface area contributed by atoms with Gasteiger partial charge in [-0.25, -0.2) is 0 Å². The molecule has 1 amide bonds. The van der Waals surface area contributed by atoms with Crippen LogP contribution in [0.2, 0.25) is 0 Å². The average molecular weight is 517 g/mol. The van der Waals surface area contributed by atoms with E-state index in [-0.39, 0.29) is 18.7 Å². The maximum atomic E-state index is 13.1. The number of alkyl halides is 3. The number of halogens is 3. The second kappa shape index (κ2) is 11.7. The summed E-state index contributed by atoms with van der Waals surface area (Å²) in [4.78, 5) is 31.3. The van der Waals surface area contributed by atoms with Gasteiger partial charge in [0.2, 0.25) is 5.91 Å². The van der Waals surface area contributed by atoms with Crippen LogP contribution in [0.3, 0.4) is 0 Å². The van der Waals surface area contributed by atoms with E-state index < -0.39 is 17.7 Å². The van der Waals surface area contributed by atoms with E-state index in [0.29, 0.717) is 31.1 Å². The molecule has 0 aliphatic carbocycles. The highest BCUT2D eigenvalue weighted by atomic mass is 19.4. The molecule has 7 nitrogen and oxygen atoms in total. The number of fused-ring (bicyclic) bond motifs is 1. The molecular formula is C27H31F3N4O3. The molecule has 1 fully saturated rings. The van der Waals surface area contributed by atoms with Crippen LogP contribution in [0, 0.1) is 0 Å². The first-order chi connectivity index (χ1) is 17.7. The standard InChI is InChI=1S/C27H31F3N4O3/c1-2-37-26(36)9-8-25(35)32-21-6-7-24-23(17-21)19(18-31-24)10-11-33-12-14-34(15-13-33)22-5-3-4-20(16-22)27(28,29)30/h3-7,16-18,31H,2,8-15H2,1H3,(H,32,35). The van der Waals surface area contributed by atoms with Gasteiger partial charge in [-0.15, -0.1) is 0 Å². The van der Waals surface area contributed by atoms with Crippen molar-refractivity contribution < 1.29 is 27.5 Å². The lowest BCUT2D eigenvalue weighted by Crippen LogP contribution is -2.47. The molecule has 4 rings (SSSR count). The van der Waals surface area contributed by atoms with Crippen molar-refractivity contribution in [2.24, 2.45) is 0 Å². The van der Waals surface area contributed by atoms with E-state index in [9.17, 15) is 22.8 Å². The van der Waals surface area contributed by atoms with Gasteiger partial charge < -0.3 is 19.9 Å². The molecule has 0 atom stereocenters. The fourth-order valence-electron chi connectivity index (χ4n) is 4.52. The number of rotatable bonds is 9. The number of esters is 1. The molecule has 1 saturated heterocycles. The monoisotopic (exact) mass is 516 g/mol. The van der Waals surface area contributed by atoms with Gasteiger partial charge in [0.05, 0.1) is 18.6 Å². The number of carbonyl (C=O) groups is 2. The summed E-state index contributed by atoms with van der Waals surface area (Å²) < 4.78 is 44.0. The highest BCUT2D eigenvalue weighted by Gasteiger charge is 2.31. The molecule has 3 aromatic rings. The van der Waals surface area contributed by atoms with Crippen LogP contribution in [0.1, 0.15) is 30.9 Å². The number of ether oxygens (including phenoxy) is 1.